The highest BCUT2D eigenvalue weighted by molar-refractivity contribution is 5.82. The average molecular weight is 378 g/mol. The first-order valence-corrected chi connectivity index (χ1v) is 9.45. The third kappa shape index (κ3) is 3.63. The molecule has 0 aliphatic carbocycles. The summed E-state index contributed by atoms with van der Waals surface area (Å²) in [7, 11) is 0. The van der Waals surface area contributed by atoms with Gasteiger partial charge in [-0.3, -0.25) is 4.57 Å². The number of likely N-dealkylation sites (tertiary alicyclic amines) is 1. The molecular weight excluding hydrogens is 352 g/mol. The SMILES string of the molecule is OC[C@H]1O[C@@H](n2cnc3c(NCCN4CCCCC4)ncnc32)[C@H](O)[C@@H]1O. The van der Waals surface area contributed by atoms with Gasteiger partial charge in [0.15, 0.2) is 23.2 Å². The summed E-state index contributed by atoms with van der Waals surface area (Å²) in [6.07, 6.45) is 2.73. The van der Waals surface area contributed by atoms with Gasteiger partial charge >= 0.3 is 0 Å². The number of nitrogens with one attached hydrogen (secondary N) is 1. The van der Waals surface area contributed by atoms with Gasteiger partial charge in [-0.05, 0) is 25.9 Å². The maximum absolute atomic E-state index is 10.2. The third-order valence-corrected chi connectivity index (χ3v) is 5.32. The Morgan fingerprint density at radius 3 is 2.67 bits per heavy atom. The lowest BCUT2D eigenvalue weighted by Gasteiger charge is -2.26. The molecule has 2 saturated heterocycles. The van der Waals surface area contributed by atoms with Crippen LogP contribution in [0.25, 0.3) is 11.2 Å². The van der Waals surface area contributed by atoms with E-state index in [2.05, 4.69) is 25.2 Å². The van der Waals surface area contributed by atoms with Crippen LogP contribution in [-0.4, -0.2) is 90.8 Å². The zero-order valence-electron chi connectivity index (χ0n) is 15.1. The van der Waals surface area contributed by atoms with Crippen molar-refractivity contribution in [1.29, 1.82) is 0 Å². The van der Waals surface area contributed by atoms with Gasteiger partial charge in [-0.15, -0.1) is 0 Å². The van der Waals surface area contributed by atoms with Crippen LogP contribution in [0, 0.1) is 0 Å². The first kappa shape index (κ1) is 18.5. The smallest absolute Gasteiger partial charge is 0.167 e. The van der Waals surface area contributed by atoms with E-state index < -0.39 is 24.5 Å². The molecule has 4 N–H and O–H groups in total. The fourth-order valence-electron chi connectivity index (χ4n) is 3.79. The van der Waals surface area contributed by atoms with E-state index in [1.54, 1.807) is 4.57 Å². The van der Waals surface area contributed by atoms with Crippen LogP contribution in [0.2, 0.25) is 0 Å². The number of hydrogen-bond donors (Lipinski definition) is 4. The predicted octanol–water partition coefficient (Wildman–Crippen LogP) is -0.664. The van der Waals surface area contributed by atoms with Gasteiger partial charge < -0.3 is 30.3 Å². The molecule has 148 valence electrons. The van der Waals surface area contributed by atoms with E-state index in [1.165, 1.54) is 31.9 Å². The Kier molecular flexibility index (Phi) is 5.50. The van der Waals surface area contributed by atoms with Gasteiger partial charge in [0.25, 0.3) is 0 Å². The van der Waals surface area contributed by atoms with Crippen LogP contribution in [0.1, 0.15) is 25.5 Å². The second kappa shape index (κ2) is 8.03. The number of aliphatic hydroxyl groups excluding tert-OH is 3. The first-order chi connectivity index (χ1) is 13.2. The van der Waals surface area contributed by atoms with Gasteiger partial charge in [-0.2, -0.15) is 0 Å². The summed E-state index contributed by atoms with van der Waals surface area (Å²) in [6.45, 7) is 3.61. The topological polar surface area (TPSA) is 129 Å². The lowest BCUT2D eigenvalue weighted by molar-refractivity contribution is -0.0511. The molecule has 0 amide bonds. The Morgan fingerprint density at radius 2 is 1.93 bits per heavy atom. The van der Waals surface area contributed by atoms with Crippen LogP contribution in [-0.2, 0) is 4.74 Å². The largest absolute Gasteiger partial charge is 0.394 e. The van der Waals surface area contributed by atoms with Gasteiger partial charge in [0.1, 0.15) is 24.6 Å². The van der Waals surface area contributed by atoms with Crippen LogP contribution in [0.15, 0.2) is 12.7 Å². The van der Waals surface area contributed by atoms with E-state index in [0.29, 0.717) is 17.0 Å². The molecule has 4 rings (SSSR count). The van der Waals surface area contributed by atoms with Gasteiger partial charge in [0, 0.05) is 13.1 Å². The number of imidazole rings is 1. The molecule has 2 fully saturated rings. The molecule has 10 nitrogen and oxygen atoms in total. The maximum atomic E-state index is 10.2. The lowest BCUT2D eigenvalue weighted by atomic mass is 10.1. The summed E-state index contributed by atoms with van der Waals surface area (Å²) >= 11 is 0. The Labute approximate surface area is 156 Å². The number of aliphatic hydroxyl groups is 3. The van der Waals surface area contributed by atoms with Crippen molar-refractivity contribution in [3.05, 3.63) is 12.7 Å². The van der Waals surface area contributed by atoms with Crippen LogP contribution in [0.5, 0.6) is 0 Å². The molecule has 2 aliphatic rings. The second-order valence-corrected chi connectivity index (χ2v) is 7.10. The third-order valence-electron chi connectivity index (χ3n) is 5.32. The Hall–Kier alpha value is -1.85. The molecule has 0 aromatic carbocycles. The van der Waals surface area contributed by atoms with Crippen molar-refractivity contribution in [3.63, 3.8) is 0 Å². The number of anilines is 1. The molecule has 0 radical (unpaired) electrons. The first-order valence-electron chi connectivity index (χ1n) is 9.45. The van der Waals surface area contributed by atoms with Crippen LogP contribution < -0.4 is 5.32 Å². The highest BCUT2D eigenvalue weighted by Gasteiger charge is 2.44. The number of ether oxygens (including phenoxy) is 1. The van der Waals surface area contributed by atoms with E-state index in [4.69, 9.17) is 4.74 Å². The minimum absolute atomic E-state index is 0.375. The highest BCUT2D eigenvalue weighted by Crippen LogP contribution is 2.32. The number of piperidine rings is 1. The fraction of sp³-hybridized carbons (Fsp3) is 0.706. The van der Waals surface area contributed by atoms with E-state index in [-0.39, 0.29) is 6.61 Å². The minimum atomic E-state index is -1.18. The molecule has 4 atom stereocenters. The van der Waals surface area contributed by atoms with Crippen molar-refractivity contribution >= 4 is 17.0 Å². The summed E-state index contributed by atoms with van der Waals surface area (Å²) in [5.41, 5.74) is 1.08. The number of aromatic nitrogens is 4. The normalized spacial score (nSPS) is 29.4. The maximum Gasteiger partial charge on any atom is 0.167 e. The second-order valence-electron chi connectivity index (χ2n) is 7.10. The summed E-state index contributed by atoms with van der Waals surface area (Å²) in [5, 5.41) is 32.8. The highest BCUT2D eigenvalue weighted by atomic mass is 16.6. The molecule has 2 aromatic rings. The number of rotatable bonds is 6. The van der Waals surface area contributed by atoms with Gasteiger partial charge in [0.2, 0.25) is 0 Å². The van der Waals surface area contributed by atoms with Crippen LogP contribution >= 0.6 is 0 Å². The fourth-order valence-corrected chi connectivity index (χ4v) is 3.79. The summed E-state index contributed by atoms with van der Waals surface area (Å²) in [4.78, 5) is 15.3. The molecule has 0 unspecified atom stereocenters. The van der Waals surface area contributed by atoms with Crippen molar-refractivity contribution in [2.75, 3.05) is 38.1 Å². The van der Waals surface area contributed by atoms with E-state index in [9.17, 15) is 15.3 Å². The van der Waals surface area contributed by atoms with Crippen molar-refractivity contribution in [2.45, 2.75) is 43.8 Å². The van der Waals surface area contributed by atoms with Crippen molar-refractivity contribution in [1.82, 2.24) is 24.4 Å². The minimum Gasteiger partial charge on any atom is -0.394 e. The van der Waals surface area contributed by atoms with Crippen molar-refractivity contribution < 1.29 is 20.1 Å². The molecule has 4 heterocycles. The zero-order valence-corrected chi connectivity index (χ0v) is 15.1. The quantitative estimate of drug-likeness (QED) is 0.517. The van der Waals surface area contributed by atoms with E-state index in [1.807, 2.05) is 0 Å². The molecule has 0 bridgehead atoms. The molecule has 2 aromatic heterocycles. The number of hydrogen-bond acceptors (Lipinski definition) is 9. The van der Waals surface area contributed by atoms with E-state index in [0.717, 1.165) is 26.2 Å². The molecule has 27 heavy (non-hydrogen) atoms. The number of fused-ring (bicyclic) bond motifs is 1. The Balaban J connectivity index is 1.48. The lowest BCUT2D eigenvalue weighted by Crippen LogP contribution is -2.33. The zero-order chi connectivity index (χ0) is 18.8. The predicted molar refractivity (Wildman–Crippen MR) is 97.1 cm³/mol. The van der Waals surface area contributed by atoms with Crippen molar-refractivity contribution in [2.24, 2.45) is 0 Å². The van der Waals surface area contributed by atoms with E-state index >= 15 is 0 Å². The van der Waals surface area contributed by atoms with Crippen LogP contribution in [0.4, 0.5) is 5.82 Å². The van der Waals surface area contributed by atoms with Crippen LogP contribution in [0.3, 0.4) is 0 Å². The molecule has 0 saturated carbocycles. The Bertz CT molecular complexity index is 765. The monoisotopic (exact) mass is 378 g/mol. The summed E-state index contributed by atoms with van der Waals surface area (Å²) in [5.74, 6) is 0.627. The Morgan fingerprint density at radius 1 is 1.11 bits per heavy atom. The summed E-state index contributed by atoms with van der Waals surface area (Å²) < 4.78 is 7.14. The molecule has 0 spiro atoms. The number of nitrogens with zero attached hydrogens (tertiary/aromatic N) is 5. The molecular formula is C17H26N6O4. The standard InChI is InChI=1S/C17H26N6O4/c24-8-11-13(25)14(26)17(27-11)23-10-21-12-15(19-9-20-16(12)23)18-4-7-22-5-2-1-3-6-22/h9-11,13-14,17,24-26H,1-8H2,(H,18,19,20)/t11-,13-,14-,17-/m1/s1. The van der Waals surface area contributed by atoms with Crippen molar-refractivity contribution in [3.8, 4) is 0 Å². The summed E-state index contributed by atoms with van der Waals surface area (Å²) in [6, 6.07) is 0. The van der Waals surface area contributed by atoms with Gasteiger partial charge in [-0.25, -0.2) is 15.0 Å². The van der Waals surface area contributed by atoms with Gasteiger partial charge in [-0.1, -0.05) is 6.42 Å². The average Bonchev–Trinajstić information content (AvgIpc) is 3.25. The molecule has 10 heteroatoms. The molecule has 2 aliphatic heterocycles. The van der Waals surface area contributed by atoms with Gasteiger partial charge in [0.05, 0.1) is 12.9 Å².